The summed E-state index contributed by atoms with van der Waals surface area (Å²) in [6.45, 7) is 5.50. The van der Waals surface area contributed by atoms with Crippen LogP contribution >= 0.6 is 0 Å². The summed E-state index contributed by atoms with van der Waals surface area (Å²) in [5, 5.41) is 0. The number of esters is 1. The van der Waals surface area contributed by atoms with Gasteiger partial charge in [-0.05, 0) is 23.6 Å². The Bertz CT molecular complexity index is 888. The van der Waals surface area contributed by atoms with Crippen LogP contribution in [-0.4, -0.2) is 29.6 Å². The van der Waals surface area contributed by atoms with Gasteiger partial charge in [0.15, 0.2) is 0 Å². The van der Waals surface area contributed by atoms with Crippen LogP contribution in [0.5, 0.6) is 5.88 Å². The van der Waals surface area contributed by atoms with Gasteiger partial charge in [0.25, 0.3) is 0 Å². The maximum absolute atomic E-state index is 12.8. The molecule has 3 rings (SSSR count). The fourth-order valence-corrected chi connectivity index (χ4v) is 3.79. The molecule has 162 valence electrons. The summed E-state index contributed by atoms with van der Waals surface area (Å²) >= 11 is 0. The van der Waals surface area contributed by atoms with Crippen LogP contribution in [0.4, 0.5) is 0 Å². The molecule has 0 amide bonds. The molecule has 31 heavy (non-hydrogen) atoms. The molecule has 0 radical (unpaired) electrons. The van der Waals surface area contributed by atoms with E-state index in [2.05, 4.69) is 34.1 Å². The highest BCUT2D eigenvalue weighted by atomic mass is 16.5. The summed E-state index contributed by atoms with van der Waals surface area (Å²) in [5.74, 6) is -0.0408. The van der Waals surface area contributed by atoms with Crippen molar-refractivity contribution in [2.75, 3.05) is 13.7 Å². The van der Waals surface area contributed by atoms with Crippen molar-refractivity contribution in [2.24, 2.45) is 5.92 Å². The Kier molecular flexibility index (Phi) is 8.19. The van der Waals surface area contributed by atoms with Crippen molar-refractivity contribution in [1.29, 1.82) is 0 Å². The molecule has 0 saturated carbocycles. The van der Waals surface area contributed by atoms with Gasteiger partial charge in [0, 0.05) is 25.4 Å². The Morgan fingerprint density at radius 3 is 1.97 bits per heavy atom. The number of rotatable bonds is 10. The van der Waals surface area contributed by atoms with Crippen LogP contribution in [0.2, 0.25) is 0 Å². The monoisotopic (exact) mass is 418 g/mol. The number of carbonyl (C=O) groups excluding carboxylic acids is 1. The summed E-state index contributed by atoms with van der Waals surface area (Å²) in [6.07, 6.45) is 1.79. The van der Waals surface area contributed by atoms with E-state index >= 15 is 0 Å². The predicted molar refractivity (Wildman–Crippen MR) is 121 cm³/mol. The van der Waals surface area contributed by atoms with Gasteiger partial charge in [-0.25, -0.2) is 4.98 Å². The Balaban J connectivity index is 2.01. The summed E-state index contributed by atoms with van der Waals surface area (Å²) in [5.41, 5.74) is 3.31. The predicted octanol–water partition coefficient (Wildman–Crippen LogP) is 5.03. The molecule has 0 aliphatic rings. The third kappa shape index (κ3) is 6.15. The van der Waals surface area contributed by atoms with Crippen molar-refractivity contribution < 1.29 is 14.3 Å². The Hall–Kier alpha value is -3.18. The zero-order valence-corrected chi connectivity index (χ0v) is 18.4. The minimum atomic E-state index is -0.373. The fourth-order valence-electron chi connectivity index (χ4n) is 3.79. The molecule has 1 heterocycles. The Morgan fingerprint density at radius 1 is 0.935 bits per heavy atom. The van der Waals surface area contributed by atoms with Crippen LogP contribution in [0.15, 0.2) is 79.0 Å². The van der Waals surface area contributed by atoms with Crippen molar-refractivity contribution in [3.63, 3.8) is 0 Å². The number of carbonyl (C=O) groups is 1. The Morgan fingerprint density at radius 2 is 1.52 bits per heavy atom. The average Bonchev–Trinajstić information content (AvgIpc) is 2.81. The van der Waals surface area contributed by atoms with Crippen LogP contribution in [0.25, 0.3) is 0 Å². The summed E-state index contributed by atoms with van der Waals surface area (Å²) in [6, 6.07) is 24.2. The largest absolute Gasteiger partial charge is 0.481 e. The smallest absolute Gasteiger partial charge is 0.310 e. The molecule has 0 unspecified atom stereocenters. The molecule has 3 aromatic rings. The third-order valence-corrected chi connectivity index (χ3v) is 5.29. The lowest BCUT2D eigenvalue weighted by molar-refractivity contribution is -0.150. The standard InChI is InChI=1S/C26H30N2O3/c1-4-31-26(29)20(2)25(23-15-16-24(30-3)27-17-23)28(18-21-11-7-5-8-12-21)19-22-13-9-6-10-14-22/h5-17,20,25H,4,18-19H2,1-3H3/t20-,25+/m1/s1. The van der Waals surface area contributed by atoms with E-state index < -0.39 is 0 Å². The van der Waals surface area contributed by atoms with Crippen LogP contribution in [-0.2, 0) is 22.6 Å². The second-order valence-corrected chi connectivity index (χ2v) is 7.50. The first-order chi connectivity index (χ1) is 15.1. The van der Waals surface area contributed by atoms with E-state index in [-0.39, 0.29) is 17.9 Å². The molecule has 0 fully saturated rings. The van der Waals surface area contributed by atoms with Gasteiger partial charge in [-0.15, -0.1) is 0 Å². The zero-order valence-electron chi connectivity index (χ0n) is 18.4. The number of nitrogens with zero attached hydrogens (tertiary/aromatic N) is 2. The quantitative estimate of drug-likeness (QED) is 0.432. The van der Waals surface area contributed by atoms with E-state index in [1.165, 1.54) is 11.1 Å². The van der Waals surface area contributed by atoms with Crippen molar-refractivity contribution in [3.05, 3.63) is 95.7 Å². The minimum Gasteiger partial charge on any atom is -0.481 e. The molecule has 0 aliphatic carbocycles. The number of methoxy groups -OCH3 is 1. The number of ether oxygens (including phenoxy) is 2. The summed E-state index contributed by atoms with van der Waals surface area (Å²) in [4.78, 5) is 19.5. The van der Waals surface area contributed by atoms with Gasteiger partial charge < -0.3 is 9.47 Å². The van der Waals surface area contributed by atoms with E-state index in [0.717, 1.165) is 5.56 Å². The van der Waals surface area contributed by atoms with E-state index in [1.807, 2.05) is 62.4 Å². The number of pyridine rings is 1. The number of benzene rings is 2. The second kappa shape index (κ2) is 11.3. The van der Waals surface area contributed by atoms with Crippen molar-refractivity contribution >= 4 is 5.97 Å². The maximum Gasteiger partial charge on any atom is 0.310 e. The molecule has 0 bridgehead atoms. The molecule has 2 aromatic carbocycles. The van der Waals surface area contributed by atoms with Gasteiger partial charge in [-0.3, -0.25) is 9.69 Å². The molecule has 1 aromatic heterocycles. The van der Waals surface area contributed by atoms with Crippen molar-refractivity contribution in [2.45, 2.75) is 33.0 Å². The van der Waals surface area contributed by atoms with E-state index in [4.69, 9.17) is 9.47 Å². The first-order valence-corrected chi connectivity index (χ1v) is 10.6. The molecular weight excluding hydrogens is 388 g/mol. The lowest BCUT2D eigenvalue weighted by Gasteiger charge is -2.35. The zero-order chi connectivity index (χ0) is 22.1. The fraction of sp³-hybridized carbons (Fsp3) is 0.308. The molecule has 0 aliphatic heterocycles. The van der Waals surface area contributed by atoms with Crippen LogP contribution in [0.1, 0.15) is 36.6 Å². The van der Waals surface area contributed by atoms with Crippen molar-refractivity contribution in [1.82, 2.24) is 9.88 Å². The van der Waals surface area contributed by atoms with E-state index in [9.17, 15) is 4.79 Å². The van der Waals surface area contributed by atoms with Crippen LogP contribution in [0.3, 0.4) is 0 Å². The minimum absolute atomic E-state index is 0.210. The molecular formula is C26H30N2O3. The van der Waals surface area contributed by atoms with Gasteiger partial charge in [-0.1, -0.05) is 73.7 Å². The number of aromatic nitrogens is 1. The molecule has 0 spiro atoms. The van der Waals surface area contributed by atoms with Gasteiger partial charge >= 0.3 is 5.97 Å². The SMILES string of the molecule is CCOC(=O)[C@H](C)[C@@H](c1ccc(OC)nc1)N(Cc1ccccc1)Cc1ccccc1. The van der Waals surface area contributed by atoms with Gasteiger partial charge in [0.2, 0.25) is 5.88 Å². The number of hydrogen-bond donors (Lipinski definition) is 0. The summed E-state index contributed by atoms with van der Waals surface area (Å²) < 4.78 is 10.6. The molecule has 5 heteroatoms. The Labute approximate surface area is 184 Å². The molecule has 2 atom stereocenters. The topological polar surface area (TPSA) is 51.7 Å². The van der Waals surface area contributed by atoms with Gasteiger partial charge in [0.05, 0.1) is 25.7 Å². The van der Waals surface area contributed by atoms with Gasteiger partial charge in [0.1, 0.15) is 0 Å². The number of hydrogen-bond acceptors (Lipinski definition) is 5. The van der Waals surface area contributed by atoms with E-state index in [0.29, 0.717) is 25.6 Å². The van der Waals surface area contributed by atoms with Crippen LogP contribution < -0.4 is 4.74 Å². The second-order valence-electron chi connectivity index (χ2n) is 7.50. The normalized spacial score (nSPS) is 12.9. The van der Waals surface area contributed by atoms with Crippen LogP contribution in [0, 0.1) is 5.92 Å². The van der Waals surface area contributed by atoms with Crippen molar-refractivity contribution in [3.8, 4) is 5.88 Å². The average molecular weight is 419 g/mol. The third-order valence-electron chi connectivity index (χ3n) is 5.29. The molecule has 0 saturated heterocycles. The molecule has 5 nitrogen and oxygen atoms in total. The molecule has 0 N–H and O–H groups in total. The highest BCUT2D eigenvalue weighted by Gasteiger charge is 2.32. The first kappa shape index (κ1) is 22.5. The first-order valence-electron chi connectivity index (χ1n) is 10.6. The highest BCUT2D eigenvalue weighted by Crippen LogP contribution is 2.33. The van der Waals surface area contributed by atoms with E-state index in [1.54, 1.807) is 13.3 Å². The maximum atomic E-state index is 12.8. The lowest BCUT2D eigenvalue weighted by Crippen LogP contribution is -2.36. The highest BCUT2D eigenvalue weighted by molar-refractivity contribution is 5.73. The summed E-state index contributed by atoms with van der Waals surface area (Å²) in [7, 11) is 1.60. The lowest BCUT2D eigenvalue weighted by atomic mass is 9.92. The van der Waals surface area contributed by atoms with Gasteiger partial charge in [-0.2, -0.15) is 0 Å².